The van der Waals surface area contributed by atoms with Gasteiger partial charge >= 0.3 is 0 Å². The third-order valence-electron chi connectivity index (χ3n) is 5.29. The summed E-state index contributed by atoms with van der Waals surface area (Å²) in [4.78, 5) is 17.5. The zero-order chi connectivity index (χ0) is 18.8. The number of hydrogen-bond donors (Lipinski definition) is 0. The van der Waals surface area contributed by atoms with Crippen LogP contribution in [0.4, 0.5) is 0 Å². The van der Waals surface area contributed by atoms with Crippen LogP contribution >= 0.6 is 0 Å². The quantitative estimate of drug-likeness (QED) is 0.545. The summed E-state index contributed by atoms with van der Waals surface area (Å²) >= 11 is 0. The molecule has 5 rings (SSSR count). The monoisotopic (exact) mass is 371 g/mol. The number of fused-ring (bicyclic) bond motifs is 2. The second kappa shape index (κ2) is 7.53. The minimum atomic E-state index is 0.540. The van der Waals surface area contributed by atoms with Crippen LogP contribution in [0.1, 0.15) is 11.4 Å². The third kappa shape index (κ3) is 3.54. The Morgan fingerprint density at radius 3 is 2.50 bits per heavy atom. The number of nitrogens with zero attached hydrogens (tertiary/aromatic N) is 7. The number of benzene rings is 2. The van der Waals surface area contributed by atoms with Crippen molar-refractivity contribution in [1.29, 1.82) is 0 Å². The van der Waals surface area contributed by atoms with E-state index in [4.69, 9.17) is 0 Å². The molecule has 1 fully saturated rings. The van der Waals surface area contributed by atoms with Gasteiger partial charge in [-0.3, -0.25) is 9.80 Å². The Labute approximate surface area is 163 Å². The molecule has 0 atom stereocenters. The summed E-state index contributed by atoms with van der Waals surface area (Å²) in [5, 5.41) is 11.0. The second-order valence-corrected chi connectivity index (χ2v) is 7.15. The highest BCUT2D eigenvalue weighted by Gasteiger charge is 2.19. The normalized spacial score (nSPS) is 16.0. The zero-order valence-corrected chi connectivity index (χ0v) is 15.6. The maximum atomic E-state index is 4.54. The van der Waals surface area contributed by atoms with Crippen LogP contribution < -0.4 is 0 Å². The van der Waals surface area contributed by atoms with Crippen LogP contribution in [-0.4, -0.2) is 61.1 Å². The van der Waals surface area contributed by atoms with E-state index < -0.39 is 0 Å². The standard InChI is InChI=1S/C21H21N7/c1-2-7-18-16(4-1)5-3-6-17(18)13-27-8-10-28(11-9-27)14-20-24-19-12-22-15-23-21(19)26-25-20/h1-7,12,15H,8-11,13-14H2. The summed E-state index contributed by atoms with van der Waals surface area (Å²) in [6.07, 6.45) is 3.15. The predicted octanol–water partition coefficient (Wildman–Crippen LogP) is 2.29. The summed E-state index contributed by atoms with van der Waals surface area (Å²) in [7, 11) is 0. The summed E-state index contributed by atoms with van der Waals surface area (Å²) in [6, 6.07) is 15.2. The molecule has 4 aromatic rings. The van der Waals surface area contributed by atoms with Crippen LogP contribution in [0.5, 0.6) is 0 Å². The van der Waals surface area contributed by atoms with E-state index in [0.717, 1.165) is 38.5 Å². The van der Waals surface area contributed by atoms with E-state index in [2.05, 4.69) is 77.4 Å². The van der Waals surface area contributed by atoms with Crippen LogP contribution in [0.15, 0.2) is 55.0 Å². The molecule has 0 bridgehead atoms. The lowest BCUT2D eigenvalue weighted by atomic mass is 10.0. The Bertz CT molecular complexity index is 1100. The van der Waals surface area contributed by atoms with Crippen LogP contribution in [-0.2, 0) is 13.1 Å². The molecule has 0 N–H and O–H groups in total. The van der Waals surface area contributed by atoms with Gasteiger partial charge in [0.2, 0.25) is 5.65 Å². The van der Waals surface area contributed by atoms with Gasteiger partial charge in [0.1, 0.15) is 11.8 Å². The van der Waals surface area contributed by atoms with Crippen LogP contribution in [0.2, 0.25) is 0 Å². The van der Waals surface area contributed by atoms with Gasteiger partial charge < -0.3 is 0 Å². The van der Waals surface area contributed by atoms with Gasteiger partial charge in [0.25, 0.3) is 0 Å². The van der Waals surface area contributed by atoms with Crippen LogP contribution in [0.25, 0.3) is 21.9 Å². The molecule has 1 aliphatic rings. The molecule has 7 heteroatoms. The first-order chi connectivity index (χ1) is 13.8. The van der Waals surface area contributed by atoms with Gasteiger partial charge in [-0.1, -0.05) is 42.5 Å². The van der Waals surface area contributed by atoms with Crippen molar-refractivity contribution < 1.29 is 0 Å². The van der Waals surface area contributed by atoms with Gasteiger partial charge in [-0.2, -0.15) is 0 Å². The van der Waals surface area contributed by atoms with Gasteiger partial charge in [-0.05, 0) is 16.3 Å². The van der Waals surface area contributed by atoms with Crippen molar-refractivity contribution in [2.75, 3.05) is 26.2 Å². The highest BCUT2D eigenvalue weighted by molar-refractivity contribution is 5.85. The number of rotatable bonds is 4. The van der Waals surface area contributed by atoms with Gasteiger partial charge in [-0.15, -0.1) is 10.2 Å². The molecular weight excluding hydrogens is 350 g/mol. The molecule has 2 aromatic carbocycles. The summed E-state index contributed by atoms with van der Waals surface area (Å²) < 4.78 is 0. The third-order valence-corrected chi connectivity index (χ3v) is 5.29. The van der Waals surface area contributed by atoms with Crippen LogP contribution in [0.3, 0.4) is 0 Å². The van der Waals surface area contributed by atoms with Crippen molar-refractivity contribution in [3.63, 3.8) is 0 Å². The average Bonchev–Trinajstić information content (AvgIpc) is 2.75. The molecule has 2 aromatic heterocycles. The fourth-order valence-electron chi connectivity index (χ4n) is 3.78. The predicted molar refractivity (Wildman–Crippen MR) is 107 cm³/mol. The van der Waals surface area contributed by atoms with E-state index in [1.807, 2.05) is 0 Å². The van der Waals surface area contributed by atoms with Gasteiger partial charge in [0, 0.05) is 32.7 Å². The summed E-state index contributed by atoms with van der Waals surface area (Å²) in [6.45, 7) is 5.76. The largest absolute Gasteiger partial charge is 0.297 e. The highest BCUT2D eigenvalue weighted by atomic mass is 15.3. The lowest BCUT2D eigenvalue weighted by molar-refractivity contribution is 0.120. The molecule has 7 nitrogen and oxygen atoms in total. The molecule has 0 saturated carbocycles. The van der Waals surface area contributed by atoms with Crippen molar-refractivity contribution in [2.24, 2.45) is 0 Å². The Morgan fingerprint density at radius 1 is 0.821 bits per heavy atom. The molecule has 0 aliphatic carbocycles. The molecule has 0 spiro atoms. The Morgan fingerprint density at radius 2 is 1.61 bits per heavy atom. The molecular formula is C21H21N7. The minimum absolute atomic E-state index is 0.540. The first-order valence-corrected chi connectivity index (χ1v) is 9.56. The van der Waals surface area contributed by atoms with Crippen molar-refractivity contribution in [1.82, 2.24) is 34.9 Å². The Balaban J connectivity index is 1.22. The lowest BCUT2D eigenvalue weighted by Gasteiger charge is -2.34. The van der Waals surface area contributed by atoms with E-state index >= 15 is 0 Å². The number of aromatic nitrogens is 5. The van der Waals surface area contributed by atoms with Crippen molar-refractivity contribution >= 4 is 21.9 Å². The lowest BCUT2D eigenvalue weighted by Crippen LogP contribution is -2.45. The average molecular weight is 371 g/mol. The number of piperazine rings is 1. The SMILES string of the molecule is c1ccc2c(CN3CCN(Cc4nnc5ncncc5n4)CC3)cccc2c1. The van der Waals surface area contributed by atoms with Gasteiger partial charge in [-0.25, -0.2) is 15.0 Å². The summed E-state index contributed by atoms with van der Waals surface area (Å²) in [5.41, 5.74) is 2.63. The Kier molecular flexibility index (Phi) is 4.60. The van der Waals surface area contributed by atoms with Crippen molar-refractivity contribution in [2.45, 2.75) is 13.1 Å². The maximum Gasteiger partial charge on any atom is 0.203 e. The fraction of sp³-hybridized carbons (Fsp3) is 0.286. The van der Waals surface area contributed by atoms with E-state index in [0.29, 0.717) is 17.7 Å². The molecule has 0 amide bonds. The molecule has 3 heterocycles. The molecule has 140 valence electrons. The first kappa shape index (κ1) is 17.1. The Hall–Kier alpha value is -3.03. The van der Waals surface area contributed by atoms with Crippen LogP contribution in [0, 0.1) is 0 Å². The fourth-order valence-corrected chi connectivity index (χ4v) is 3.78. The maximum absolute atomic E-state index is 4.54. The second-order valence-electron chi connectivity index (χ2n) is 7.15. The zero-order valence-electron chi connectivity index (χ0n) is 15.6. The molecule has 1 aliphatic heterocycles. The molecule has 28 heavy (non-hydrogen) atoms. The van der Waals surface area contributed by atoms with Gasteiger partial charge in [0.05, 0.1) is 12.7 Å². The van der Waals surface area contributed by atoms with Crippen molar-refractivity contribution in [3.8, 4) is 0 Å². The first-order valence-electron chi connectivity index (χ1n) is 9.56. The van der Waals surface area contributed by atoms with Gasteiger partial charge in [0.15, 0.2) is 5.82 Å². The highest BCUT2D eigenvalue weighted by Crippen LogP contribution is 2.20. The van der Waals surface area contributed by atoms with E-state index in [9.17, 15) is 0 Å². The van der Waals surface area contributed by atoms with Crippen molar-refractivity contribution in [3.05, 3.63) is 66.4 Å². The topological polar surface area (TPSA) is 70.9 Å². The molecule has 0 radical (unpaired) electrons. The van der Waals surface area contributed by atoms with E-state index in [-0.39, 0.29) is 0 Å². The summed E-state index contributed by atoms with van der Waals surface area (Å²) in [5.74, 6) is 0.727. The smallest absolute Gasteiger partial charge is 0.203 e. The number of hydrogen-bond acceptors (Lipinski definition) is 7. The molecule has 0 unspecified atom stereocenters. The molecule has 1 saturated heterocycles. The minimum Gasteiger partial charge on any atom is -0.297 e. The van der Waals surface area contributed by atoms with E-state index in [1.54, 1.807) is 6.20 Å². The van der Waals surface area contributed by atoms with E-state index in [1.165, 1.54) is 22.7 Å².